The third kappa shape index (κ3) is 3.86. The van der Waals surface area contributed by atoms with E-state index in [1.807, 2.05) is 0 Å². The fraction of sp³-hybridized carbons (Fsp3) is 0.143. The van der Waals surface area contributed by atoms with Crippen LogP contribution in [0.4, 0.5) is 5.69 Å². The van der Waals surface area contributed by atoms with Gasteiger partial charge in [-0.2, -0.15) is 0 Å². The summed E-state index contributed by atoms with van der Waals surface area (Å²) in [6, 6.07) is 7.18. The molecule has 0 heterocycles. The highest BCUT2D eigenvalue weighted by Crippen LogP contribution is 2.33. The monoisotopic (exact) mass is 347 g/mol. The third-order valence-electron chi connectivity index (χ3n) is 2.88. The Morgan fingerprint density at radius 2 is 1.57 bits per heavy atom. The van der Waals surface area contributed by atoms with E-state index in [1.165, 1.54) is 24.3 Å². The van der Waals surface area contributed by atoms with E-state index in [9.17, 15) is 15.3 Å². The van der Waals surface area contributed by atoms with Crippen LogP contribution in [0.15, 0.2) is 30.3 Å². The number of nitrogens with one attached hydrogen (secondary N) is 1. The second-order valence-corrected chi connectivity index (χ2v) is 5.61. The van der Waals surface area contributed by atoms with Crippen molar-refractivity contribution < 1.29 is 15.3 Å². The Hall–Kier alpha value is -1.33. The Balaban J connectivity index is 2.08. The minimum Gasteiger partial charge on any atom is -0.504 e. The van der Waals surface area contributed by atoms with Gasteiger partial charge in [0.2, 0.25) is 0 Å². The smallest absolute Gasteiger partial charge is 0.157 e. The fourth-order valence-corrected chi connectivity index (χ4v) is 2.34. The van der Waals surface area contributed by atoms with Crippen molar-refractivity contribution in [2.45, 2.75) is 6.10 Å². The molecule has 7 heteroatoms. The fourth-order valence-electron chi connectivity index (χ4n) is 1.73. The standard InChI is InChI=1S/C14H12Cl3NO3/c15-8-4-10(17)11(5-9(8)16)18-6-14(21)7-1-2-12(19)13(20)3-7/h1-5,14,18-21H,6H2. The van der Waals surface area contributed by atoms with Crippen molar-refractivity contribution in [2.75, 3.05) is 11.9 Å². The molecule has 0 saturated heterocycles. The van der Waals surface area contributed by atoms with Gasteiger partial charge in [0.05, 0.1) is 26.9 Å². The number of phenols is 2. The van der Waals surface area contributed by atoms with E-state index in [-0.39, 0.29) is 18.0 Å². The third-order valence-corrected chi connectivity index (χ3v) is 3.91. The molecule has 0 fully saturated rings. The van der Waals surface area contributed by atoms with Crippen LogP contribution >= 0.6 is 34.8 Å². The molecule has 0 aliphatic rings. The lowest BCUT2D eigenvalue weighted by Crippen LogP contribution is -2.12. The molecule has 0 bridgehead atoms. The maximum Gasteiger partial charge on any atom is 0.157 e. The van der Waals surface area contributed by atoms with Crippen LogP contribution in [0.5, 0.6) is 11.5 Å². The number of hydrogen-bond acceptors (Lipinski definition) is 4. The number of aliphatic hydroxyl groups excluding tert-OH is 1. The van der Waals surface area contributed by atoms with Crippen LogP contribution in [-0.4, -0.2) is 21.9 Å². The summed E-state index contributed by atoms with van der Waals surface area (Å²) in [6.45, 7) is 0.141. The lowest BCUT2D eigenvalue weighted by molar-refractivity contribution is 0.191. The maximum absolute atomic E-state index is 10.1. The van der Waals surface area contributed by atoms with Crippen LogP contribution in [0.3, 0.4) is 0 Å². The Morgan fingerprint density at radius 1 is 0.905 bits per heavy atom. The first-order valence-corrected chi connectivity index (χ1v) is 7.10. The van der Waals surface area contributed by atoms with Crippen LogP contribution in [-0.2, 0) is 0 Å². The highest BCUT2D eigenvalue weighted by molar-refractivity contribution is 6.44. The largest absolute Gasteiger partial charge is 0.504 e. The van der Waals surface area contributed by atoms with Crippen LogP contribution < -0.4 is 5.32 Å². The zero-order valence-corrected chi connectivity index (χ0v) is 12.9. The predicted octanol–water partition coefficient (Wildman–Crippen LogP) is 4.20. The van der Waals surface area contributed by atoms with Gasteiger partial charge in [-0.05, 0) is 29.8 Å². The van der Waals surface area contributed by atoms with Crippen LogP contribution in [0, 0.1) is 0 Å². The van der Waals surface area contributed by atoms with E-state index < -0.39 is 6.10 Å². The number of rotatable bonds is 4. The molecule has 112 valence electrons. The molecule has 0 spiro atoms. The van der Waals surface area contributed by atoms with E-state index in [0.717, 1.165) is 0 Å². The van der Waals surface area contributed by atoms with E-state index in [1.54, 1.807) is 6.07 Å². The number of benzene rings is 2. The first-order valence-electron chi connectivity index (χ1n) is 5.97. The molecule has 2 aromatic carbocycles. The van der Waals surface area contributed by atoms with Gasteiger partial charge in [-0.15, -0.1) is 0 Å². The van der Waals surface area contributed by atoms with Crippen molar-refractivity contribution in [3.63, 3.8) is 0 Å². The summed E-state index contributed by atoms with van der Waals surface area (Å²) in [5, 5.41) is 32.7. The SMILES string of the molecule is Oc1ccc(C(O)CNc2cc(Cl)c(Cl)cc2Cl)cc1O. The van der Waals surface area contributed by atoms with E-state index >= 15 is 0 Å². The quantitative estimate of drug-likeness (QED) is 0.493. The highest BCUT2D eigenvalue weighted by Gasteiger charge is 2.12. The number of anilines is 1. The second kappa shape index (κ2) is 6.62. The summed E-state index contributed by atoms with van der Waals surface area (Å²) in [6.07, 6.45) is -0.901. The molecule has 21 heavy (non-hydrogen) atoms. The molecule has 1 unspecified atom stereocenters. The van der Waals surface area contributed by atoms with Gasteiger partial charge in [0.1, 0.15) is 0 Å². The van der Waals surface area contributed by atoms with Gasteiger partial charge >= 0.3 is 0 Å². The van der Waals surface area contributed by atoms with Crippen LogP contribution in [0.2, 0.25) is 15.1 Å². The summed E-state index contributed by atoms with van der Waals surface area (Å²) in [7, 11) is 0. The molecule has 0 amide bonds. The van der Waals surface area contributed by atoms with E-state index in [0.29, 0.717) is 26.3 Å². The van der Waals surface area contributed by atoms with Gasteiger partial charge in [-0.3, -0.25) is 0 Å². The average Bonchev–Trinajstić information content (AvgIpc) is 2.44. The zero-order valence-electron chi connectivity index (χ0n) is 10.6. The molecule has 4 nitrogen and oxygen atoms in total. The van der Waals surface area contributed by atoms with Crippen LogP contribution in [0.25, 0.3) is 0 Å². The average molecular weight is 349 g/mol. The Kier molecular flexibility index (Phi) is 5.06. The molecule has 0 saturated carbocycles. The van der Waals surface area contributed by atoms with Crippen molar-refractivity contribution in [3.05, 3.63) is 51.0 Å². The summed E-state index contributed by atoms with van der Waals surface area (Å²) in [5.74, 6) is -0.537. The van der Waals surface area contributed by atoms with Gasteiger partial charge < -0.3 is 20.6 Å². The minimum absolute atomic E-state index is 0.141. The number of aliphatic hydroxyl groups is 1. The number of halogens is 3. The van der Waals surface area contributed by atoms with Crippen molar-refractivity contribution in [1.82, 2.24) is 0 Å². The molecule has 2 rings (SSSR count). The topological polar surface area (TPSA) is 72.7 Å². The normalized spacial score (nSPS) is 12.2. The Morgan fingerprint density at radius 3 is 2.24 bits per heavy atom. The van der Waals surface area contributed by atoms with Gasteiger partial charge in [0.15, 0.2) is 11.5 Å². The lowest BCUT2D eigenvalue weighted by atomic mass is 10.1. The number of aromatic hydroxyl groups is 2. The molecule has 0 radical (unpaired) electrons. The Bertz CT molecular complexity index is 664. The van der Waals surface area contributed by atoms with Crippen molar-refractivity contribution in [1.29, 1.82) is 0 Å². The zero-order chi connectivity index (χ0) is 15.6. The molecule has 1 atom stereocenters. The maximum atomic E-state index is 10.1. The lowest BCUT2D eigenvalue weighted by Gasteiger charge is -2.15. The second-order valence-electron chi connectivity index (χ2n) is 4.39. The summed E-state index contributed by atoms with van der Waals surface area (Å²) < 4.78 is 0. The predicted molar refractivity (Wildman–Crippen MR) is 84.7 cm³/mol. The van der Waals surface area contributed by atoms with Gasteiger partial charge in [0, 0.05) is 6.54 Å². The molecule has 4 N–H and O–H groups in total. The van der Waals surface area contributed by atoms with Crippen molar-refractivity contribution in [3.8, 4) is 11.5 Å². The van der Waals surface area contributed by atoms with Crippen LogP contribution in [0.1, 0.15) is 11.7 Å². The molecule has 0 aliphatic heterocycles. The van der Waals surface area contributed by atoms with E-state index in [4.69, 9.17) is 34.8 Å². The van der Waals surface area contributed by atoms with Gasteiger partial charge in [-0.1, -0.05) is 40.9 Å². The summed E-state index contributed by atoms with van der Waals surface area (Å²) >= 11 is 17.8. The molecule has 2 aromatic rings. The molecular formula is C14H12Cl3NO3. The first-order chi connectivity index (χ1) is 9.88. The number of phenolic OH excluding ortho intramolecular Hbond substituents is 2. The van der Waals surface area contributed by atoms with Gasteiger partial charge in [0.25, 0.3) is 0 Å². The van der Waals surface area contributed by atoms with Gasteiger partial charge in [-0.25, -0.2) is 0 Å². The van der Waals surface area contributed by atoms with Crippen molar-refractivity contribution in [2.24, 2.45) is 0 Å². The minimum atomic E-state index is -0.901. The molecule has 0 aromatic heterocycles. The Labute approximate surface area is 136 Å². The van der Waals surface area contributed by atoms with E-state index in [2.05, 4.69) is 5.32 Å². The summed E-state index contributed by atoms with van der Waals surface area (Å²) in [4.78, 5) is 0. The molecular weight excluding hydrogens is 337 g/mol. The number of hydrogen-bond donors (Lipinski definition) is 4. The first kappa shape index (κ1) is 16.0. The highest BCUT2D eigenvalue weighted by atomic mass is 35.5. The summed E-state index contributed by atoms with van der Waals surface area (Å²) in [5.41, 5.74) is 0.988. The molecule has 0 aliphatic carbocycles. The van der Waals surface area contributed by atoms with Crippen molar-refractivity contribution >= 4 is 40.5 Å².